The zero-order chi connectivity index (χ0) is 20.2. The molecule has 142 valence electrons. The van der Waals surface area contributed by atoms with Crippen LogP contribution in [0.3, 0.4) is 0 Å². The molecule has 1 aliphatic rings. The molecule has 0 unspecified atom stereocenters. The monoisotopic (exact) mass is 390 g/mol. The highest BCUT2D eigenvalue weighted by Crippen LogP contribution is 2.33. The number of amides is 2. The summed E-state index contributed by atoms with van der Waals surface area (Å²) < 4.78 is 41.4. The van der Waals surface area contributed by atoms with E-state index in [1.807, 2.05) is 0 Å². The Morgan fingerprint density at radius 3 is 2.29 bits per heavy atom. The Hall–Kier alpha value is -3.76. The van der Waals surface area contributed by atoms with E-state index in [0.29, 0.717) is 0 Å². The summed E-state index contributed by atoms with van der Waals surface area (Å²) in [4.78, 5) is 45.1. The second-order valence-corrected chi connectivity index (χ2v) is 5.88. The van der Waals surface area contributed by atoms with E-state index in [2.05, 4.69) is 10.1 Å². The third-order valence-corrected chi connectivity index (χ3v) is 4.15. The zero-order valence-electron chi connectivity index (χ0n) is 14.0. The number of hydrogen-bond donors (Lipinski definition) is 0. The molecule has 2 aromatic heterocycles. The molecule has 0 bridgehead atoms. The van der Waals surface area contributed by atoms with Gasteiger partial charge in [-0.1, -0.05) is 17.2 Å². The number of hydroxylamine groups is 2. The Bertz CT molecular complexity index is 1130. The Labute approximate surface area is 154 Å². The van der Waals surface area contributed by atoms with Gasteiger partial charge in [-0.05, 0) is 18.2 Å². The minimum atomic E-state index is -4.97. The minimum absolute atomic E-state index is 0.0171. The number of carbonyl (C=O) groups excluding carboxylic acids is 3. The van der Waals surface area contributed by atoms with Crippen LogP contribution in [0.4, 0.5) is 13.2 Å². The van der Waals surface area contributed by atoms with Crippen LogP contribution in [0.15, 0.2) is 36.5 Å². The lowest BCUT2D eigenvalue weighted by molar-refractivity contribution is -0.141. The van der Waals surface area contributed by atoms with Crippen LogP contribution in [0.1, 0.15) is 36.8 Å². The normalized spacial score (nSPS) is 13.9. The molecule has 0 N–H and O–H groups in total. The van der Waals surface area contributed by atoms with Gasteiger partial charge < -0.3 is 4.84 Å². The number of fused-ring (bicyclic) bond motifs is 2. The number of alkyl halides is 3. The first kappa shape index (κ1) is 17.6. The van der Waals surface area contributed by atoms with Gasteiger partial charge in [0.05, 0.1) is 28.4 Å². The van der Waals surface area contributed by atoms with Crippen LogP contribution < -0.4 is 0 Å². The standard InChI is InChI=1S/C17H9F3N4O4/c1-23-12-6-10(13(17(18,19)20)22-11(12)7-21-23)16(27)28-24-14(25)8-4-2-3-5-9(8)15(24)26/h2-7H,1H3. The Kier molecular flexibility index (Phi) is 3.70. The minimum Gasteiger partial charge on any atom is -0.324 e. The number of halogens is 3. The smallest absolute Gasteiger partial charge is 0.324 e. The molecule has 1 aromatic carbocycles. The summed E-state index contributed by atoms with van der Waals surface area (Å²) in [6.07, 6.45) is -3.86. The van der Waals surface area contributed by atoms with Crippen molar-refractivity contribution in [1.82, 2.24) is 19.8 Å². The molecule has 3 heterocycles. The first-order valence-corrected chi connectivity index (χ1v) is 7.78. The van der Waals surface area contributed by atoms with E-state index in [1.165, 1.54) is 36.0 Å². The number of carbonyl (C=O) groups is 3. The van der Waals surface area contributed by atoms with Crippen molar-refractivity contribution in [1.29, 1.82) is 0 Å². The maximum atomic E-state index is 13.4. The van der Waals surface area contributed by atoms with Gasteiger partial charge >= 0.3 is 12.1 Å². The summed E-state index contributed by atoms with van der Waals surface area (Å²) in [6, 6.07) is 6.58. The van der Waals surface area contributed by atoms with Gasteiger partial charge in [-0.15, -0.1) is 0 Å². The fourth-order valence-electron chi connectivity index (χ4n) is 2.83. The van der Waals surface area contributed by atoms with E-state index in [0.717, 1.165) is 12.3 Å². The lowest BCUT2D eigenvalue weighted by atomic mass is 10.1. The highest BCUT2D eigenvalue weighted by atomic mass is 19.4. The van der Waals surface area contributed by atoms with E-state index in [4.69, 9.17) is 4.84 Å². The summed E-state index contributed by atoms with van der Waals surface area (Å²) in [7, 11) is 1.45. The molecule has 0 saturated heterocycles. The molecular formula is C17H9F3N4O4. The molecule has 0 aliphatic carbocycles. The molecule has 0 atom stereocenters. The Balaban J connectivity index is 1.75. The van der Waals surface area contributed by atoms with Gasteiger partial charge in [0, 0.05) is 7.05 Å². The van der Waals surface area contributed by atoms with E-state index in [1.54, 1.807) is 0 Å². The van der Waals surface area contributed by atoms with Gasteiger partial charge in [-0.25, -0.2) is 9.78 Å². The molecule has 4 rings (SSSR count). The maximum Gasteiger partial charge on any atom is 0.434 e. The molecule has 3 aromatic rings. The van der Waals surface area contributed by atoms with Crippen molar-refractivity contribution in [3.8, 4) is 0 Å². The number of aromatic nitrogens is 3. The predicted molar refractivity (Wildman–Crippen MR) is 85.9 cm³/mol. The molecule has 28 heavy (non-hydrogen) atoms. The quantitative estimate of drug-likeness (QED) is 0.624. The SMILES string of the molecule is Cn1ncc2nc(C(F)(F)F)c(C(=O)ON3C(=O)c4ccccc4C3=O)cc21. The van der Waals surface area contributed by atoms with Gasteiger partial charge in [-0.2, -0.15) is 18.3 Å². The number of hydrogen-bond acceptors (Lipinski definition) is 6. The highest BCUT2D eigenvalue weighted by molar-refractivity contribution is 6.21. The predicted octanol–water partition coefficient (Wildman–Crippen LogP) is 2.36. The molecule has 0 saturated carbocycles. The molecule has 2 amide bonds. The van der Waals surface area contributed by atoms with Crippen LogP contribution in [-0.4, -0.2) is 37.6 Å². The van der Waals surface area contributed by atoms with E-state index < -0.39 is 35.2 Å². The number of rotatable bonds is 2. The molecular weight excluding hydrogens is 381 g/mol. The zero-order valence-corrected chi connectivity index (χ0v) is 14.0. The van der Waals surface area contributed by atoms with Crippen LogP contribution in [0, 0.1) is 0 Å². The second-order valence-electron chi connectivity index (χ2n) is 5.88. The molecule has 1 aliphatic heterocycles. The van der Waals surface area contributed by atoms with Gasteiger partial charge in [0.2, 0.25) is 0 Å². The van der Waals surface area contributed by atoms with Crippen molar-refractivity contribution in [2.75, 3.05) is 0 Å². The number of benzene rings is 1. The average molecular weight is 390 g/mol. The molecule has 0 spiro atoms. The lowest BCUT2D eigenvalue weighted by Crippen LogP contribution is -2.33. The van der Waals surface area contributed by atoms with Crippen molar-refractivity contribution < 1.29 is 32.4 Å². The first-order valence-electron chi connectivity index (χ1n) is 7.78. The van der Waals surface area contributed by atoms with Gasteiger partial charge in [-0.3, -0.25) is 14.3 Å². The fourth-order valence-corrected chi connectivity index (χ4v) is 2.83. The Morgan fingerprint density at radius 2 is 1.71 bits per heavy atom. The highest BCUT2D eigenvalue weighted by Gasteiger charge is 2.42. The summed E-state index contributed by atoms with van der Waals surface area (Å²) >= 11 is 0. The number of nitrogens with zero attached hydrogens (tertiary/aromatic N) is 4. The van der Waals surface area contributed by atoms with Crippen molar-refractivity contribution in [2.24, 2.45) is 7.05 Å². The van der Waals surface area contributed by atoms with E-state index in [-0.39, 0.29) is 27.2 Å². The number of pyridine rings is 1. The van der Waals surface area contributed by atoms with Gasteiger partial charge in [0.25, 0.3) is 11.8 Å². The van der Waals surface area contributed by atoms with Crippen molar-refractivity contribution >= 4 is 28.8 Å². The molecule has 11 heteroatoms. The van der Waals surface area contributed by atoms with E-state index in [9.17, 15) is 27.6 Å². The lowest BCUT2D eigenvalue weighted by Gasteiger charge is -2.15. The van der Waals surface area contributed by atoms with E-state index >= 15 is 0 Å². The van der Waals surface area contributed by atoms with Gasteiger partial charge in [0.1, 0.15) is 5.52 Å². The summed E-state index contributed by atoms with van der Waals surface area (Å²) in [5.74, 6) is -3.44. The van der Waals surface area contributed by atoms with Crippen molar-refractivity contribution in [3.05, 3.63) is 58.9 Å². The largest absolute Gasteiger partial charge is 0.434 e. The maximum absolute atomic E-state index is 13.4. The van der Waals surface area contributed by atoms with Gasteiger partial charge in [0.15, 0.2) is 5.69 Å². The molecule has 0 fully saturated rings. The van der Waals surface area contributed by atoms with Crippen molar-refractivity contribution in [2.45, 2.75) is 6.18 Å². The number of aryl methyl sites for hydroxylation is 1. The topological polar surface area (TPSA) is 94.4 Å². The van der Waals surface area contributed by atoms with Crippen LogP contribution >= 0.6 is 0 Å². The first-order chi connectivity index (χ1) is 13.2. The third-order valence-electron chi connectivity index (χ3n) is 4.15. The fraction of sp³-hybridized carbons (Fsp3) is 0.118. The average Bonchev–Trinajstić information content (AvgIpc) is 3.13. The Morgan fingerprint density at radius 1 is 1.11 bits per heavy atom. The summed E-state index contributed by atoms with van der Waals surface area (Å²) in [5, 5.41) is 3.93. The van der Waals surface area contributed by atoms with Crippen molar-refractivity contribution in [3.63, 3.8) is 0 Å². The molecule has 0 radical (unpaired) electrons. The number of imide groups is 1. The third kappa shape index (κ3) is 2.59. The molecule has 8 nitrogen and oxygen atoms in total. The van der Waals surface area contributed by atoms with Crippen LogP contribution in [0.2, 0.25) is 0 Å². The summed E-state index contributed by atoms with van der Waals surface area (Å²) in [5.41, 5.74) is -2.42. The van der Waals surface area contributed by atoms with Crippen LogP contribution in [-0.2, 0) is 18.1 Å². The second kappa shape index (κ2) is 5.87. The summed E-state index contributed by atoms with van der Waals surface area (Å²) in [6.45, 7) is 0. The van der Waals surface area contributed by atoms with Crippen LogP contribution in [0.5, 0.6) is 0 Å². The van der Waals surface area contributed by atoms with Crippen LogP contribution in [0.25, 0.3) is 11.0 Å².